The molecule has 1 aliphatic rings. The van der Waals surface area contributed by atoms with Crippen LogP contribution in [0.2, 0.25) is 0 Å². The number of hydrogen-bond donors (Lipinski definition) is 1. The first-order valence-electron chi connectivity index (χ1n) is 6.07. The van der Waals surface area contributed by atoms with E-state index in [1.165, 1.54) is 0 Å². The maximum atomic E-state index is 5.41. The van der Waals surface area contributed by atoms with Gasteiger partial charge in [0.05, 0.1) is 5.92 Å². The van der Waals surface area contributed by atoms with Gasteiger partial charge in [-0.05, 0) is 12.5 Å². The Morgan fingerprint density at radius 2 is 2.18 bits per heavy atom. The minimum absolute atomic E-state index is 0.202. The van der Waals surface area contributed by atoms with Gasteiger partial charge in [0, 0.05) is 24.0 Å². The Balaban J connectivity index is 2.07. The lowest BCUT2D eigenvalue weighted by atomic mass is 9.92. The lowest BCUT2D eigenvalue weighted by Gasteiger charge is -2.15. The zero-order chi connectivity index (χ0) is 12.5. The highest BCUT2D eigenvalue weighted by atomic mass is 32.2. The molecule has 1 N–H and O–H groups in total. The summed E-state index contributed by atoms with van der Waals surface area (Å²) in [6, 6.07) is 0.461. The Hall–Kier alpha value is -0.550. The first-order chi connectivity index (χ1) is 7.99. The molecule has 0 bridgehead atoms. The van der Waals surface area contributed by atoms with E-state index >= 15 is 0 Å². The molecule has 1 aliphatic heterocycles. The summed E-state index contributed by atoms with van der Waals surface area (Å²) in [6.07, 6.45) is 0.862. The fourth-order valence-electron chi connectivity index (χ4n) is 2.05. The Morgan fingerprint density at radius 1 is 1.41 bits per heavy atom. The highest BCUT2D eigenvalue weighted by Crippen LogP contribution is 2.32. The molecule has 0 amide bonds. The molecular weight excluding hydrogens is 234 g/mol. The van der Waals surface area contributed by atoms with Gasteiger partial charge in [-0.25, -0.2) is 0 Å². The fourth-order valence-corrected chi connectivity index (χ4v) is 3.46. The molecule has 2 rings (SSSR count). The SMILES string of the molecule is CNC1CSCC1c1nc(CC(C)(C)C)no1. The number of aromatic nitrogens is 2. The van der Waals surface area contributed by atoms with Gasteiger partial charge in [0.15, 0.2) is 5.82 Å². The van der Waals surface area contributed by atoms with Crippen LogP contribution in [0.15, 0.2) is 4.52 Å². The van der Waals surface area contributed by atoms with Crippen LogP contribution in [-0.2, 0) is 6.42 Å². The second-order valence-electron chi connectivity index (χ2n) is 5.83. The van der Waals surface area contributed by atoms with Gasteiger partial charge in [-0.2, -0.15) is 16.7 Å². The zero-order valence-corrected chi connectivity index (χ0v) is 11.8. The number of nitrogens with one attached hydrogen (secondary N) is 1. The summed E-state index contributed by atoms with van der Waals surface area (Å²) in [5, 5.41) is 7.41. The van der Waals surface area contributed by atoms with Gasteiger partial charge in [-0.3, -0.25) is 0 Å². The summed E-state index contributed by atoms with van der Waals surface area (Å²) >= 11 is 1.94. The first-order valence-corrected chi connectivity index (χ1v) is 7.22. The van der Waals surface area contributed by atoms with Crippen LogP contribution in [0.4, 0.5) is 0 Å². The Kier molecular flexibility index (Phi) is 3.78. The Morgan fingerprint density at radius 3 is 2.82 bits per heavy atom. The summed E-state index contributed by atoms with van der Waals surface area (Å²) in [5.74, 6) is 4.19. The van der Waals surface area contributed by atoms with Gasteiger partial charge in [-0.1, -0.05) is 25.9 Å². The molecule has 1 aromatic heterocycles. The third-order valence-electron chi connectivity index (χ3n) is 2.94. The molecule has 96 valence electrons. The summed E-state index contributed by atoms with van der Waals surface area (Å²) in [4.78, 5) is 4.54. The highest BCUT2D eigenvalue weighted by molar-refractivity contribution is 7.99. The minimum Gasteiger partial charge on any atom is -0.339 e. The van der Waals surface area contributed by atoms with E-state index in [0.717, 1.165) is 29.6 Å². The van der Waals surface area contributed by atoms with Crippen molar-refractivity contribution in [3.8, 4) is 0 Å². The molecule has 0 radical (unpaired) electrons. The van der Waals surface area contributed by atoms with E-state index in [-0.39, 0.29) is 5.41 Å². The molecule has 0 saturated carbocycles. The van der Waals surface area contributed by atoms with Crippen LogP contribution >= 0.6 is 11.8 Å². The van der Waals surface area contributed by atoms with Gasteiger partial charge >= 0.3 is 0 Å². The van der Waals surface area contributed by atoms with Crippen molar-refractivity contribution in [2.45, 2.75) is 39.2 Å². The number of nitrogens with zero attached hydrogens (tertiary/aromatic N) is 2. The molecule has 1 fully saturated rings. The van der Waals surface area contributed by atoms with Gasteiger partial charge in [0.25, 0.3) is 0 Å². The maximum absolute atomic E-state index is 5.41. The van der Waals surface area contributed by atoms with Crippen LogP contribution in [0.3, 0.4) is 0 Å². The maximum Gasteiger partial charge on any atom is 0.232 e. The van der Waals surface area contributed by atoms with E-state index in [9.17, 15) is 0 Å². The summed E-state index contributed by atoms with van der Waals surface area (Å²) in [5.41, 5.74) is 0.202. The third kappa shape index (κ3) is 3.22. The molecule has 4 nitrogen and oxygen atoms in total. The fraction of sp³-hybridized carbons (Fsp3) is 0.833. The quantitative estimate of drug-likeness (QED) is 0.896. The predicted molar refractivity (Wildman–Crippen MR) is 70.4 cm³/mol. The smallest absolute Gasteiger partial charge is 0.232 e. The number of thioether (sulfide) groups is 1. The molecule has 1 aromatic rings. The molecule has 5 heteroatoms. The largest absolute Gasteiger partial charge is 0.339 e. The van der Waals surface area contributed by atoms with Crippen molar-refractivity contribution in [2.24, 2.45) is 5.41 Å². The second-order valence-corrected chi connectivity index (χ2v) is 6.90. The van der Waals surface area contributed by atoms with Crippen LogP contribution in [-0.4, -0.2) is 34.7 Å². The first kappa shape index (κ1) is 12.9. The van der Waals surface area contributed by atoms with Crippen molar-refractivity contribution >= 4 is 11.8 Å². The normalized spacial score (nSPS) is 25.4. The van der Waals surface area contributed by atoms with Crippen molar-refractivity contribution in [2.75, 3.05) is 18.6 Å². The molecule has 1 saturated heterocycles. The summed E-state index contributed by atoms with van der Waals surface area (Å²) < 4.78 is 5.41. The molecule has 0 spiro atoms. The molecule has 2 atom stereocenters. The topological polar surface area (TPSA) is 51.0 Å². The average molecular weight is 255 g/mol. The van der Waals surface area contributed by atoms with E-state index < -0.39 is 0 Å². The van der Waals surface area contributed by atoms with Gasteiger partial charge < -0.3 is 9.84 Å². The molecular formula is C12H21N3OS. The summed E-state index contributed by atoms with van der Waals surface area (Å²) in [6.45, 7) is 6.56. The number of likely N-dealkylation sites (N-methyl/N-ethyl adjacent to an activating group) is 1. The number of hydrogen-bond acceptors (Lipinski definition) is 5. The van der Waals surface area contributed by atoms with E-state index in [2.05, 4.69) is 36.2 Å². The average Bonchev–Trinajstić information content (AvgIpc) is 2.81. The van der Waals surface area contributed by atoms with Crippen molar-refractivity contribution in [3.63, 3.8) is 0 Å². The van der Waals surface area contributed by atoms with E-state index in [0.29, 0.717) is 12.0 Å². The molecule has 2 heterocycles. The molecule has 0 aromatic carbocycles. The van der Waals surface area contributed by atoms with E-state index in [1.807, 2.05) is 18.8 Å². The third-order valence-corrected chi connectivity index (χ3v) is 4.13. The van der Waals surface area contributed by atoms with Crippen LogP contribution in [0.25, 0.3) is 0 Å². The van der Waals surface area contributed by atoms with Crippen molar-refractivity contribution in [3.05, 3.63) is 11.7 Å². The Labute approximate surface area is 107 Å². The lowest BCUT2D eigenvalue weighted by molar-refractivity contribution is 0.332. The van der Waals surface area contributed by atoms with Crippen molar-refractivity contribution < 1.29 is 4.52 Å². The highest BCUT2D eigenvalue weighted by Gasteiger charge is 2.32. The minimum atomic E-state index is 0.202. The second kappa shape index (κ2) is 4.98. The lowest BCUT2D eigenvalue weighted by Crippen LogP contribution is -2.31. The predicted octanol–water partition coefficient (Wildman–Crippen LogP) is 2.08. The van der Waals surface area contributed by atoms with Gasteiger partial charge in [0.1, 0.15) is 0 Å². The zero-order valence-electron chi connectivity index (χ0n) is 11.0. The van der Waals surface area contributed by atoms with Gasteiger partial charge in [0.2, 0.25) is 5.89 Å². The van der Waals surface area contributed by atoms with Crippen LogP contribution in [0, 0.1) is 5.41 Å². The van der Waals surface area contributed by atoms with Crippen molar-refractivity contribution in [1.29, 1.82) is 0 Å². The summed E-state index contributed by atoms with van der Waals surface area (Å²) in [7, 11) is 2.00. The molecule has 17 heavy (non-hydrogen) atoms. The standard InChI is InChI=1S/C12H21N3OS/c1-12(2,3)5-10-14-11(16-15-10)8-6-17-7-9(8)13-4/h8-9,13H,5-7H2,1-4H3. The number of rotatable bonds is 3. The molecule has 0 aliphatic carbocycles. The van der Waals surface area contributed by atoms with Crippen LogP contribution in [0.5, 0.6) is 0 Å². The Bertz CT molecular complexity index is 372. The van der Waals surface area contributed by atoms with Crippen molar-refractivity contribution in [1.82, 2.24) is 15.5 Å². The van der Waals surface area contributed by atoms with Gasteiger partial charge in [-0.15, -0.1) is 0 Å². The van der Waals surface area contributed by atoms with Crippen LogP contribution < -0.4 is 5.32 Å². The molecule has 2 unspecified atom stereocenters. The van der Waals surface area contributed by atoms with E-state index in [1.54, 1.807) is 0 Å². The van der Waals surface area contributed by atoms with E-state index in [4.69, 9.17) is 4.52 Å². The van der Waals surface area contributed by atoms with Crippen LogP contribution in [0.1, 0.15) is 38.4 Å². The monoisotopic (exact) mass is 255 g/mol.